The topological polar surface area (TPSA) is 63.3 Å². The number of hydrogen-bond acceptors (Lipinski definition) is 2. The Balaban J connectivity index is 0. The van der Waals surface area contributed by atoms with Crippen LogP contribution in [0.15, 0.2) is 0 Å². The number of nitrogens with two attached hydrogens (primary N) is 1. The van der Waals surface area contributed by atoms with Gasteiger partial charge in [0.25, 0.3) is 0 Å². The summed E-state index contributed by atoms with van der Waals surface area (Å²) in [5, 5.41) is 8.49. The van der Waals surface area contributed by atoms with Gasteiger partial charge in [0.15, 0.2) is 0 Å². The second-order valence-electron chi connectivity index (χ2n) is 2.44. The molecule has 0 heterocycles. The fourth-order valence-corrected chi connectivity index (χ4v) is 0.998. The third-order valence-corrected chi connectivity index (χ3v) is 1.84. The van der Waals surface area contributed by atoms with E-state index in [1.54, 1.807) is 0 Å². The maximum absolute atomic E-state index is 10.3. The van der Waals surface area contributed by atoms with Gasteiger partial charge in [-0.15, -0.1) is 0 Å². The molecule has 11 heavy (non-hydrogen) atoms. The molecule has 0 unspecified atom stereocenters. The van der Waals surface area contributed by atoms with Crippen LogP contribution in [0.3, 0.4) is 0 Å². The molecule has 0 aromatic heterocycles. The number of rotatable bonds is 4. The van der Waals surface area contributed by atoms with E-state index < -0.39 is 12.0 Å². The number of aliphatic carboxylic acids is 1. The van der Waals surface area contributed by atoms with E-state index in [1.165, 1.54) is 0 Å². The average molecular weight is 169 g/mol. The Morgan fingerprint density at radius 2 is 1.82 bits per heavy atom. The van der Waals surface area contributed by atoms with E-state index in [9.17, 15) is 4.79 Å². The first-order valence-electron chi connectivity index (χ1n) is 3.61. The molecule has 3 N–H and O–H groups in total. The van der Waals surface area contributed by atoms with Gasteiger partial charge in [0.1, 0.15) is 6.04 Å². The van der Waals surface area contributed by atoms with Crippen LogP contribution in [-0.2, 0) is 4.79 Å². The molecule has 0 amide bonds. The molecule has 0 rings (SSSR count). The van der Waals surface area contributed by atoms with E-state index in [4.69, 9.17) is 10.8 Å². The van der Waals surface area contributed by atoms with Gasteiger partial charge in [-0.25, -0.2) is 0 Å². The van der Waals surface area contributed by atoms with Crippen molar-refractivity contribution in [3.63, 3.8) is 0 Å². The van der Waals surface area contributed by atoms with Crippen LogP contribution < -0.4 is 5.73 Å². The third kappa shape index (κ3) is 4.80. The first kappa shape index (κ1) is 14.0. The van der Waals surface area contributed by atoms with Gasteiger partial charge in [0, 0.05) is 0 Å². The molecule has 0 saturated carbocycles. The van der Waals surface area contributed by atoms with Gasteiger partial charge in [-0.2, -0.15) is 0 Å². The van der Waals surface area contributed by atoms with Crippen molar-refractivity contribution in [2.75, 3.05) is 0 Å². The van der Waals surface area contributed by atoms with E-state index in [0.717, 1.165) is 12.8 Å². The Morgan fingerprint density at radius 1 is 1.45 bits per heavy atom. The van der Waals surface area contributed by atoms with Crippen LogP contribution in [0.5, 0.6) is 0 Å². The summed E-state index contributed by atoms with van der Waals surface area (Å²) in [6, 6.07) is -0.685. The van der Waals surface area contributed by atoms with Crippen molar-refractivity contribution in [2.24, 2.45) is 11.7 Å². The molecule has 0 aromatic rings. The molecule has 0 radical (unpaired) electrons. The van der Waals surface area contributed by atoms with Gasteiger partial charge in [-0.3, -0.25) is 4.79 Å². The SMILES string of the molecule is CCC(CC)[C@H](N)C(=O)O.[NaH]. The van der Waals surface area contributed by atoms with Gasteiger partial charge in [-0.05, 0) is 5.92 Å². The molecule has 3 nitrogen and oxygen atoms in total. The van der Waals surface area contributed by atoms with Gasteiger partial charge >= 0.3 is 35.5 Å². The molecule has 0 aliphatic heterocycles. The molecule has 0 aliphatic carbocycles. The molecule has 0 aromatic carbocycles. The molecular weight excluding hydrogens is 153 g/mol. The van der Waals surface area contributed by atoms with Crippen molar-refractivity contribution in [1.29, 1.82) is 0 Å². The predicted molar refractivity (Wildman–Crippen MR) is 46.8 cm³/mol. The summed E-state index contributed by atoms with van der Waals surface area (Å²) < 4.78 is 0. The Kier molecular flexibility index (Phi) is 9.02. The minimum absolute atomic E-state index is 0. The number of carbonyl (C=O) groups is 1. The molecule has 0 bridgehead atoms. The van der Waals surface area contributed by atoms with E-state index in [-0.39, 0.29) is 35.5 Å². The molecule has 0 aliphatic rings. The minimum atomic E-state index is -0.895. The number of hydrogen-bond donors (Lipinski definition) is 2. The summed E-state index contributed by atoms with van der Waals surface area (Å²) in [6.07, 6.45) is 1.67. The Bertz CT molecular complexity index is 115. The first-order chi connectivity index (χ1) is 4.63. The quantitative estimate of drug-likeness (QED) is 0.590. The average Bonchev–Trinajstić information content (AvgIpc) is 1.90. The normalized spacial score (nSPS) is 12.4. The van der Waals surface area contributed by atoms with Crippen molar-refractivity contribution >= 4 is 35.5 Å². The molecule has 62 valence electrons. The second kappa shape index (κ2) is 7.10. The van der Waals surface area contributed by atoms with Crippen LogP contribution in [-0.4, -0.2) is 46.7 Å². The molecule has 0 saturated heterocycles. The van der Waals surface area contributed by atoms with Crippen molar-refractivity contribution in [2.45, 2.75) is 32.7 Å². The Labute approximate surface area is 89.6 Å². The standard InChI is InChI=1S/C7H15NO2.Na.H/c1-3-5(4-2)6(8)7(9)10;;/h5-6H,3-4,8H2,1-2H3,(H,9,10);;/t6-;;/m0../s1. The van der Waals surface area contributed by atoms with Gasteiger partial charge in [0.05, 0.1) is 0 Å². The molecule has 0 spiro atoms. The van der Waals surface area contributed by atoms with Crippen LogP contribution in [0.25, 0.3) is 0 Å². The molecule has 4 heteroatoms. The zero-order valence-electron chi connectivity index (χ0n) is 6.50. The van der Waals surface area contributed by atoms with E-state index >= 15 is 0 Å². The van der Waals surface area contributed by atoms with Crippen LogP contribution in [0.1, 0.15) is 26.7 Å². The molecule has 0 fully saturated rings. The van der Waals surface area contributed by atoms with E-state index in [0.29, 0.717) is 0 Å². The van der Waals surface area contributed by atoms with Gasteiger partial charge in [0.2, 0.25) is 0 Å². The molecular formula is C7H16NNaO2. The summed E-state index contributed by atoms with van der Waals surface area (Å²) >= 11 is 0. The van der Waals surface area contributed by atoms with Crippen LogP contribution in [0.2, 0.25) is 0 Å². The summed E-state index contributed by atoms with van der Waals surface area (Å²) in [4.78, 5) is 10.3. The van der Waals surface area contributed by atoms with Crippen LogP contribution in [0, 0.1) is 5.92 Å². The van der Waals surface area contributed by atoms with Gasteiger partial charge in [-0.1, -0.05) is 26.7 Å². The first-order valence-corrected chi connectivity index (χ1v) is 3.61. The monoisotopic (exact) mass is 169 g/mol. The second-order valence-corrected chi connectivity index (χ2v) is 2.44. The Morgan fingerprint density at radius 3 is 1.91 bits per heavy atom. The zero-order valence-corrected chi connectivity index (χ0v) is 6.50. The van der Waals surface area contributed by atoms with Crippen LogP contribution in [0.4, 0.5) is 0 Å². The van der Waals surface area contributed by atoms with Crippen molar-refractivity contribution in [3.8, 4) is 0 Å². The summed E-state index contributed by atoms with van der Waals surface area (Å²) in [6.45, 7) is 3.91. The van der Waals surface area contributed by atoms with Crippen molar-refractivity contribution in [1.82, 2.24) is 0 Å². The Hall–Kier alpha value is 0.430. The summed E-state index contributed by atoms with van der Waals surface area (Å²) in [5.41, 5.74) is 5.38. The van der Waals surface area contributed by atoms with E-state index in [2.05, 4.69) is 0 Å². The number of carboxylic acid groups (broad SMARTS) is 1. The zero-order chi connectivity index (χ0) is 8.15. The maximum atomic E-state index is 10.3. The third-order valence-electron chi connectivity index (χ3n) is 1.84. The molecule has 1 atom stereocenters. The van der Waals surface area contributed by atoms with Crippen molar-refractivity contribution < 1.29 is 9.90 Å². The van der Waals surface area contributed by atoms with E-state index in [1.807, 2.05) is 13.8 Å². The van der Waals surface area contributed by atoms with Crippen LogP contribution >= 0.6 is 0 Å². The number of carboxylic acids is 1. The van der Waals surface area contributed by atoms with Gasteiger partial charge < -0.3 is 10.8 Å². The fraction of sp³-hybridized carbons (Fsp3) is 0.857. The fourth-order valence-electron chi connectivity index (χ4n) is 0.998. The predicted octanol–water partition coefficient (Wildman–Crippen LogP) is 0.186. The summed E-state index contributed by atoms with van der Waals surface area (Å²) in [5.74, 6) is -0.772. The summed E-state index contributed by atoms with van der Waals surface area (Å²) in [7, 11) is 0. The van der Waals surface area contributed by atoms with Crippen molar-refractivity contribution in [3.05, 3.63) is 0 Å².